The molecule has 0 bridgehead atoms. The number of esters is 1. The smallest absolute Gasteiger partial charge is 0.328 e. The molecule has 1 aliphatic heterocycles. The zero-order valence-corrected chi connectivity index (χ0v) is 7.58. The lowest BCUT2D eigenvalue weighted by atomic mass is 10.1. The van der Waals surface area contributed by atoms with Gasteiger partial charge in [0.15, 0.2) is 0 Å². The Morgan fingerprint density at radius 1 is 1.62 bits per heavy atom. The van der Waals surface area contributed by atoms with Gasteiger partial charge in [-0.05, 0) is 19.3 Å². The highest BCUT2D eigenvalue weighted by Crippen LogP contribution is 2.09. The maximum absolute atomic E-state index is 11.2. The highest BCUT2D eigenvalue weighted by atomic mass is 16.5. The van der Waals surface area contributed by atoms with E-state index in [1.807, 2.05) is 0 Å². The van der Waals surface area contributed by atoms with E-state index in [2.05, 4.69) is 10.1 Å². The average Bonchev–Trinajstić information content (AvgIpc) is 2.28. The molecule has 0 aromatic heterocycles. The molecule has 1 heterocycles. The van der Waals surface area contributed by atoms with Crippen molar-refractivity contribution in [3.8, 4) is 0 Å². The molecule has 1 saturated heterocycles. The van der Waals surface area contributed by atoms with Crippen LogP contribution in [0.25, 0.3) is 0 Å². The second-order valence-corrected chi connectivity index (χ2v) is 3.12. The summed E-state index contributed by atoms with van der Waals surface area (Å²) in [6.07, 6.45) is 1.99. The number of rotatable bonds is 1. The Hall–Kier alpha value is -1.10. The summed E-state index contributed by atoms with van der Waals surface area (Å²) in [5.74, 6) is -0.671. The number of nitrogens with two attached hydrogens (primary N) is 1. The van der Waals surface area contributed by atoms with Crippen molar-refractivity contribution in [1.29, 1.82) is 0 Å². The predicted molar refractivity (Wildman–Crippen MR) is 45.8 cm³/mol. The normalized spacial score (nSPS) is 28.9. The van der Waals surface area contributed by atoms with Crippen LogP contribution < -0.4 is 11.1 Å². The lowest BCUT2D eigenvalue weighted by Crippen LogP contribution is -2.46. The summed E-state index contributed by atoms with van der Waals surface area (Å²) in [4.78, 5) is 22.3. The van der Waals surface area contributed by atoms with Crippen molar-refractivity contribution in [1.82, 2.24) is 5.32 Å². The zero-order chi connectivity index (χ0) is 9.84. The first-order valence-electron chi connectivity index (χ1n) is 4.29. The van der Waals surface area contributed by atoms with Gasteiger partial charge in [0.2, 0.25) is 5.91 Å². The molecule has 0 spiro atoms. The van der Waals surface area contributed by atoms with Crippen LogP contribution in [0.5, 0.6) is 0 Å². The maximum Gasteiger partial charge on any atom is 0.328 e. The molecule has 0 saturated carbocycles. The Kier molecular flexibility index (Phi) is 3.25. The highest BCUT2D eigenvalue weighted by molar-refractivity contribution is 5.87. The quantitative estimate of drug-likeness (QED) is 0.523. The zero-order valence-electron chi connectivity index (χ0n) is 7.58. The SMILES string of the molecule is COC(=O)C1CCCC(N)C(=O)N1. The van der Waals surface area contributed by atoms with Crippen LogP contribution in [0.15, 0.2) is 0 Å². The number of methoxy groups -OCH3 is 1. The van der Waals surface area contributed by atoms with Crippen LogP contribution in [0.1, 0.15) is 19.3 Å². The molecule has 0 aromatic carbocycles. The van der Waals surface area contributed by atoms with Crippen LogP contribution in [-0.2, 0) is 14.3 Å². The number of carbonyl (C=O) groups excluding carboxylic acids is 2. The molecular weight excluding hydrogens is 172 g/mol. The molecule has 5 heteroatoms. The monoisotopic (exact) mass is 186 g/mol. The van der Waals surface area contributed by atoms with Gasteiger partial charge in [-0.15, -0.1) is 0 Å². The molecule has 5 nitrogen and oxygen atoms in total. The molecule has 3 N–H and O–H groups in total. The Morgan fingerprint density at radius 3 is 2.92 bits per heavy atom. The van der Waals surface area contributed by atoms with Gasteiger partial charge < -0.3 is 15.8 Å². The fourth-order valence-electron chi connectivity index (χ4n) is 1.34. The third-order valence-electron chi connectivity index (χ3n) is 2.15. The summed E-state index contributed by atoms with van der Waals surface area (Å²) in [7, 11) is 1.30. The van der Waals surface area contributed by atoms with Gasteiger partial charge >= 0.3 is 5.97 Å². The van der Waals surface area contributed by atoms with Crippen LogP contribution in [0.3, 0.4) is 0 Å². The van der Waals surface area contributed by atoms with E-state index < -0.39 is 18.1 Å². The fraction of sp³-hybridized carbons (Fsp3) is 0.750. The third kappa shape index (κ3) is 2.42. The van der Waals surface area contributed by atoms with Crippen molar-refractivity contribution < 1.29 is 14.3 Å². The fourth-order valence-corrected chi connectivity index (χ4v) is 1.34. The molecule has 2 unspecified atom stereocenters. The summed E-state index contributed by atoms with van der Waals surface area (Å²) in [6.45, 7) is 0. The third-order valence-corrected chi connectivity index (χ3v) is 2.15. The number of carbonyl (C=O) groups is 2. The number of ether oxygens (including phenoxy) is 1. The van der Waals surface area contributed by atoms with Gasteiger partial charge in [0, 0.05) is 0 Å². The van der Waals surface area contributed by atoms with Gasteiger partial charge in [-0.25, -0.2) is 4.79 Å². The van der Waals surface area contributed by atoms with E-state index in [0.717, 1.165) is 6.42 Å². The Labute approximate surface area is 76.6 Å². The van der Waals surface area contributed by atoms with E-state index in [1.54, 1.807) is 0 Å². The van der Waals surface area contributed by atoms with Gasteiger partial charge in [-0.2, -0.15) is 0 Å². The van der Waals surface area contributed by atoms with Crippen molar-refractivity contribution >= 4 is 11.9 Å². The van der Waals surface area contributed by atoms with E-state index in [0.29, 0.717) is 12.8 Å². The molecular formula is C8H14N2O3. The molecule has 1 amide bonds. The van der Waals surface area contributed by atoms with Gasteiger partial charge in [0.25, 0.3) is 0 Å². The minimum atomic E-state index is -0.522. The van der Waals surface area contributed by atoms with Gasteiger partial charge in [0.05, 0.1) is 13.2 Å². The van der Waals surface area contributed by atoms with Crippen molar-refractivity contribution in [2.45, 2.75) is 31.3 Å². The Morgan fingerprint density at radius 2 is 2.31 bits per heavy atom. The molecule has 0 aliphatic carbocycles. The predicted octanol–water partition coefficient (Wildman–Crippen LogP) is -0.845. The standard InChI is InChI=1S/C8H14N2O3/c1-13-8(12)6-4-2-3-5(9)7(11)10-6/h5-6H,2-4,9H2,1H3,(H,10,11). The minimum absolute atomic E-state index is 0.270. The van der Waals surface area contributed by atoms with E-state index in [4.69, 9.17) is 5.73 Å². The van der Waals surface area contributed by atoms with Gasteiger partial charge in [-0.1, -0.05) is 0 Å². The second kappa shape index (κ2) is 4.23. The summed E-state index contributed by atoms with van der Waals surface area (Å²) >= 11 is 0. The van der Waals surface area contributed by atoms with E-state index in [-0.39, 0.29) is 5.91 Å². The van der Waals surface area contributed by atoms with Gasteiger partial charge in [0.1, 0.15) is 6.04 Å². The average molecular weight is 186 g/mol. The van der Waals surface area contributed by atoms with Crippen molar-refractivity contribution in [2.75, 3.05) is 7.11 Å². The minimum Gasteiger partial charge on any atom is -0.467 e. The van der Waals surface area contributed by atoms with E-state index >= 15 is 0 Å². The first-order valence-corrected chi connectivity index (χ1v) is 4.29. The largest absolute Gasteiger partial charge is 0.467 e. The first kappa shape index (κ1) is 9.98. The second-order valence-electron chi connectivity index (χ2n) is 3.12. The lowest BCUT2D eigenvalue weighted by molar-refractivity contribution is -0.145. The van der Waals surface area contributed by atoms with Crippen molar-refractivity contribution in [3.63, 3.8) is 0 Å². The lowest BCUT2D eigenvalue weighted by Gasteiger charge is -2.13. The van der Waals surface area contributed by atoms with Crippen LogP contribution >= 0.6 is 0 Å². The number of hydrogen-bond acceptors (Lipinski definition) is 4. The Balaban J connectivity index is 2.59. The van der Waals surface area contributed by atoms with Crippen LogP contribution in [-0.4, -0.2) is 31.1 Å². The molecule has 1 rings (SSSR count). The summed E-state index contributed by atoms with van der Waals surface area (Å²) in [5.41, 5.74) is 5.52. The van der Waals surface area contributed by atoms with Crippen LogP contribution in [0.2, 0.25) is 0 Å². The molecule has 0 radical (unpaired) electrons. The number of amides is 1. The van der Waals surface area contributed by atoms with Crippen LogP contribution in [0.4, 0.5) is 0 Å². The summed E-state index contributed by atoms with van der Waals surface area (Å²) in [6, 6.07) is -1.01. The summed E-state index contributed by atoms with van der Waals surface area (Å²) < 4.78 is 4.53. The number of nitrogens with one attached hydrogen (secondary N) is 1. The molecule has 1 fully saturated rings. The Bertz CT molecular complexity index is 217. The van der Waals surface area contributed by atoms with E-state index in [9.17, 15) is 9.59 Å². The van der Waals surface area contributed by atoms with E-state index in [1.165, 1.54) is 7.11 Å². The van der Waals surface area contributed by atoms with Crippen LogP contribution in [0, 0.1) is 0 Å². The highest BCUT2D eigenvalue weighted by Gasteiger charge is 2.27. The van der Waals surface area contributed by atoms with Crippen molar-refractivity contribution in [3.05, 3.63) is 0 Å². The van der Waals surface area contributed by atoms with Crippen molar-refractivity contribution in [2.24, 2.45) is 5.73 Å². The molecule has 74 valence electrons. The molecule has 0 aromatic rings. The topological polar surface area (TPSA) is 81.4 Å². The molecule has 1 aliphatic rings. The molecule has 13 heavy (non-hydrogen) atoms. The van der Waals surface area contributed by atoms with Gasteiger partial charge in [-0.3, -0.25) is 4.79 Å². The first-order chi connectivity index (χ1) is 6.15. The summed E-state index contributed by atoms with van der Waals surface area (Å²) in [5, 5.41) is 2.54. The molecule has 2 atom stereocenters. The number of hydrogen-bond donors (Lipinski definition) is 2. The maximum atomic E-state index is 11.2.